The molecular weight excluding hydrogens is 526 g/mol. The molecule has 200 valence electrons. The minimum atomic E-state index is -3.96. The van der Waals surface area contributed by atoms with E-state index in [4.69, 9.17) is 4.74 Å². The molecule has 7 nitrogen and oxygen atoms in total. The predicted molar refractivity (Wildman–Crippen MR) is 133 cm³/mol. The standard InChI is InChI=1S/C23H18FN3O4S.C3H5F3/c1-13(28)31-22-18(29)9-10-26-21(22)23(30)25-12-27(26)20-14-6-4-7-17(24)16(14)11-32-19-8-3-2-5-15(19)20;1-2-3(4,5)6/h2-10,20H,11-12H2,1H3,(H,25,30);2H2,1H3/t20-;/m1./s1. The quantitative estimate of drug-likeness (QED) is 0.362. The third kappa shape index (κ3) is 5.54. The van der Waals surface area contributed by atoms with Gasteiger partial charge in [0.15, 0.2) is 5.69 Å². The molecular formula is C26H23F4N3O4S. The van der Waals surface area contributed by atoms with Crippen molar-refractivity contribution in [1.82, 2.24) is 9.99 Å². The Balaban J connectivity index is 0.000000505. The molecule has 12 heteroatoms. The van der Waals surface area contributed by atoms with Crippen LogP contribution in [0.3, 0.4) is 0 Å². The zero-order chi connectivity index (χ0) is 27.6. The number of ether oxygens (including phenoxy) is 1. The Labute approximate surface area is 219 Å². The number of pyridine rings is 1. The third-order valence-corrected chi connectivity index (χ3v) is 7.02. The minimum Gasteiger partial charge on any atom is -0.420 e. The van der Waals surface area contributed by atoms with Gasteiger partial charge in [-0.15, -0.1) is 11.8 Å². The van der Waals surface area contributed by atoms with Gasteiger partial charge in [0.25, 0.3) is 5.91 Å². The van der Waals surface area contributed by atoms with E-state index in [2.05, 4.69) is 5.32 Å². The van der Waals surface area contributed by atoms with E-state index in [-0.39, 0.29) is 23.9 Å². The summed E-state index contributed by atoms with van der Waals surface area (Å²) in [5.74, 6) is -1.41. The summed E-state index contributed by atoms with van der Waals surface area (Å²) < 4.78 is 53.8. The smallest absolute Gasteiger partial charge is 0.388 e. The van der Waals surface area contributed by atoms with E-state index in [0.29, 0.717) is 11.3 Å². The SMILES string of the molecule is CC(=O)Oc1c2n(ccc1=O)N([C@H]1c3ccccc3SCc3c(F)cccc31)CNC2=O.CCC(F)(F)F. The van der Waals surface area contributed by atoms with E-state index in [9.17, 15) is 31.9 Å². The summed E-state index contributed by atoms with van der Waals surface area (Å²) >= 11 is 1.55. The molecule has 2 aromatic carbocycles. The monoisotopic (exact) mass is 549 g/mol. The first kappa shape index (κ1) is 27.2. The Bertz CT molecular complexity index is 1440. The van der Waals surface area contributed by atoms with Crippen molar-refractivity contribution in [2.45, 2.75) is 43.1 Å². The van der Waals surface area contributed by atoms with Gasteiger partial charge in [0.1, 0.15) is 12.5 Å². The van der Waals surface area contributed by atoms with Crippen molar-refractivity contribution in [2.24, 2.45) is 0 Å². The number of nitrogens with zero attached hydrogens (tertiary/aromatic N) is 2. The first-order chi connectivity index (χ1) is 18.0. The van der Waals surface area contributed by atoms with Crippen molar-refractivity contribution >= 4 is 23.6 Å². The van der Waals surface area contributed by atoms with Crippen molar-refractivity contribution in [3.8, 4) is 5.75 Å². The van der Waals surface area contributed by atoms with E-state index in [0.717, 1.165) is 22.9 Å². The number of aromatic nitrogens is 1. The first-order valence-corrected chi connectivity index (χ1v) is 12.5. The number of hydrogen-bond acceptors (Lipinski definition) is 6. The molecule has 0 spiro atoms. The van der Waals surface area contributed by atoms with Crippen LogP contribution in [-0.4, -0.2) is 29.4 Å². The fourth-order valence-corrected chi connectivity index (χ4v) is 5.29. The van der Waals surface area contributed by atoms with Gasteiger partial charge in [-0.25, -0.2) is 4.39 Å². The van der Waals surface area contributed by atoms with Gasteiger partial charge in [-0.05, 0) is 23.3 Å². The highest BCUT2D eigenvalue weighted by Crippen LogP contribution is 2.43. The summed E-state index contributed by atoms with van der Waals surface area (Å²) in [4.78, 5) is 37.7. The van der Waals surface area contributed by atoms with Crippen LogP contribution in [0, 0.1) is 5.82 Å². The Hall–Kier alpha value is -3.80. The van der Waals surface area contributed by atoms with Crippen LogP contribution in [0.4, 0.5) is 17.6 Å². The molecule has 5 rings (SSSR count). The molecule has 3 heterocycles. The molecule has 1 aromatic heterocycles. The van der Waals surface area contributed by atoms with E-state index in [1.807, 2.05) is 35.3 Å². The summed E-state index contributed by atoms with van der Waals surface area (Å²) in [6, 6.07) is 13.6. The van der Waals surface area contributed by atoms with Crippen molar-refractivity contribution in [1.29, 1.82) is 0 Å². The number of fused-ring (bicyclic) bond motifs is 3. The van der Waals surface area contributed by atoms with Crippen molar-refractivity contribution < 1.29 is 31.9 Å². The number of amides is 1. The van der Waals surface area contributed by atoms with E-state index < -0.39 is 35.9 Å². The lowest BCUT2D eigenvalue weighted by molar-refractivity contribution is -0.132. The second-order valence-corrected chi connectivity index (χ2v) is 9.42. The lowest BCUT2D eigenvalue weighted by Crippen LogP contribution is -2.54. The molecule has 3 aromatic rings. The summed E-state index contributed by atoms with van der Waals surface area (Å²) in [7, 11) is 0. The van der Waals surface area contributed by atoms with Gasteiger partial charge >= 0.3 is 12.1 Å². The average Bonchev–Trinajstić information content (AvgIpc) is 3.03. The zero-order valence-electron chi connectivity index (χ0n) is 20.3. The Morgan fingerprint density at radius 2 is 1.79 bits per heavy atom. The third-order valence-electron chi connectivity index (χ3n) is 5.91. The minimum absolute atomic E-state index is 0.0775. The molecule has 1 amide bonds. The number of alkyl halides is 3. The van der Waals surface area contributed by atoms with Crippen LogP contribution >= 0.6 is 11.8 Å². The Kier molecular flexibility index (Phi) is 7.81. The Morgan fingerprint density at radius 3 is 2.47 bits per heavy atom. The second-order valence-electron chi connectivity index (χ2n) is 8.40. The van der Waals surface area contributed by atoms with Crippen molar-refractivity contribution in [3.63, 3.8) is 0 Å². The maximum Gasteiger partial charge on any atom is 0.388 e. The topological polar surface area (TPSA) is 80.6 Å². The molecule has 2 aliphatic heterocycles. The predicted octanol–water partition coefficient (Wildman–Crippen LogP) is 4.91. The van der Waals surface area contributed by atoms with Crippen molar-refractivity contribution in [3.05, 3.63) is 93.2 Å². The number of thioether (sulfide) groups is 1. The van der Waals surface area contributed by atoms with Gasteiger partial charge in [0.2, 0.25) is 11.2 Å². The molecule has 0 bridgehead atoms. The molecule has 0 saturated carbocycles. The number of carbonyl (C=O) groups is 2. The first-order valence-electron chi connectivity index (χ1n) is 11.6. The highest BCUT2D eigenvalue weighted by Gasteiger charge is 2.36. The molecule has 1 atom stereocenters. The Morgan fingerprint density at radius 1 is 1.11 bits per heavy atom. The van der Waals surface area contributed by atoms with Crippen LogP contribution < -0.4 is 20.5 Å². The lowest BCUT2D eigenvalue weighted by atomic mass is 9.94. The summed E-state index contributed by atoms with van der Waals surface area (Å²) in [6.45, 7) is 2.35. The lowest BCUT2D eigenvalue weighted by Gasteiger charge is -2.40. The maximum atomic E-state index is 14.8. The maximum absolute atomic E-state index is 14.8. The zero-order valence-corrected chi connectivity index (χ0v) is 21.2. The van der Waals surface area contributed by atoms with Gasteiger partial charge in [-0.3, -0.25) is 24.1 Å². The van der Waals surface area contributed by atoms with Crippen LogP contribution in [-0.2, 0) is 10.5 Å². The van der Waals surface area contributed by atoms with Crippen LogP contribution in [0.1, 0.15) is 53.5 Å². The van der Waals surface area contributed by atoms with E-state index >= 15 is 0 Å². The molecule has 0 saturated heterocycles. The van der Waals surface area contributed by atoms with Crippen LogP contribution in [0.5, 0.6) is 5.75 Å². The van der Waals surface area contributed by atoms with Crippen LogP contribution in [0.25, 0.3) is 0 Å². The largest absolute Gasteiger partial charge is 0.420 e. The molecule has 2 aliphatic rings. The fraction of sp³-hybridized carbons (Fsp3) is 0.269. The average molecular weight is 550 g/mol. The number of hydrogen-bond donors (Lipinski definition) is 1. The highest BCUT2D eigenvalue weighted by molar-refractivity contribution is 7.98. The van der Waals surface area contributed by atoms with E-state index in [1.54, 1.807) is 17.8 Å². The fourth-order valence-electron chi connectivity index (χ4n) is 4.16. The van der Waals surface area contributed by atoms with Gasteiger partial charge in [-0.1, -0.05) is 37.3 Å². The second kappa shape index (κ2) is 10.9. The summed E-state index contributed by atoms with van der Waals surface area (Å²) in [5, 5.41) is 4.58. The molecule has 0 fully saturated rings. The van der Waals surface area contributed by atoms with Gasteiger partial charge in [0, 0.05) is 41.8 Å². The highest BCUT2D eigenvalue weighted by atomic mass is 32.2. The molecule has 38 heavy (non-hydrogen) atoms. The van der Waals surface area contributed by atoms with Crippen LogP contribution in [0.2, 0.25) is 0 Å². The summed E-state index contributed by atoms with van der Waals surface area (Å²) in [6.07, 6.45) is -3.21. The molecule has 0 aliphatic carbocycles. The summed E-state index contributed by atoms with van der Waals surface area (Å²) in [5.41, 5.74) is 1.63. The normalized spacial score (nSPS) is 16.1. The number of halogens is 4. The molecule has 0 radical (unpaired) electrons. The van der Waals surface area contributed by atoms with Crippen LogP contribution in [0.15, 0.2) is 64.4 Å². The number of nitrogens with one attached hydrogen (secondary N) is 1. The molecule has 1 N–H and O–H groups in total. The number of benzene rings is 2. The van der Waals surface area contributed by atoms with Gasteiger partial charge < -0.3 is 10.1 Å². The van der Waals surface area contributed by atoms with Crippen molar-refractivity contribution in [2.75, 3.05) is 11.7 Å². The number of rotatable bonds is 2. The van der Waals surface area contributed by atoms with Gasteiger partial charge in [-0.2, -0.15) is 13.2 Å². The van der Waals surface area contributed by atoms with E-state index in [1.165, 1.54) is 29.9 Å². The molecule has 0 unspecified atom stereocenters. The van der Waals surface area contributed by atoms with Gasteiger partial charge in [0.05, 0.1) is 6.04 Å². The number of carbonyl (C=O) groups excluding carboxylic acids is 2. The number of esters is 1.